The average Bonchev–Trinajstić information content (AvgIpc) is 2.51. The summed E-state index contributed by atoms with van der Waals surface area (Å²) in [5.41, 5.74) is -0.0430. The Bertz CT molecular complexity index is 289. The maximum atomic E-state index is 9.32. The third-order valence-corrected chi connectivity index (χ3v) is 2.00. The van der Waals surface area contributed by atoms with Crippen LogP contribution < -0.4 is 0 Å². The van der Waals surface area contributed by atoms with Crippen LogP contribution in [0.1, 0.15) is 26.6 Å². The van der Waals surface area contributed by atoms with Crippen molar-refractivity contribution < 1.29 is 10.2 Å². The van der Waals surface area contributed by atoms with Gasteiger partial charge in [0.15, 0.2) is 0 Å². The van der Waals surface area contributed by atoms with Crippen molar-refractivity contribution in [1.82, 2.24) is 9.55 Å². The van der Waals surface area contributed by atoms with Crippen molar-refractivity contribution in [2.45, 2.75) is 38.8 Å². The van der Waals surface area contributed by atoms with Crippen molar-refractivity contribution in [2.24, 2.45) is 0 Å². The molecule has 0 aliphatic carbocycles. The topological polar surface area (TPSA) is 58.3 Å². The summed E-state index contributed by atoms with van der Waals surface area (Å²) < 4.78 is 1.88. The van der Waals surface area contributed by atoms with Gasteiger partial charge in [-0.15, -0.1) is 0 Å². The summed E-state index contributed by atoms with van der Waals surface area (Å²) in [5, 5.41) is 18.1. The second kappa shape index (κ2) is 4.11. The van der Waals surface area contributed by atoms with Gasteiger partial charge in [0, 0.05) is 17.8 Å². The van der Waals surface area contributed by atoms with E-state index in [9.17, 15) is 5.11 Å². The fourth-order valence-electron chi connectivity index (χ4n) is 1.39. The maximum absolute atomic E-state index is 9.32. The largest absolute Gasteiger partial charge is 0.394 e. The van der Waals surface area contributed by atoms with Crippen LogP contribution in [0.25, 0.3) is 0 Å². The van der Waals surface area contributed by atoms with Gasteiger partial charge in [0.2, 0.25) is 0 Å². The zero-order valence-corrected chi connectivity index (χ0v) is 8.94. The van der Waals surface area contributed by atoms with Crippen molar-refractivity contribution in [3.8, 4) is 0 Å². The zero-order chi connectivity index (χ0) is 10.8. The molecule has 1 rings (SSSR count). The first-order valence-corrected chi connectivity index (χ1v) is 4.75. The number of aliphatic hydroxyl groups is 2. The van der Waals surface area contributed by atoms with Gasteiger partial charge in [-0.2, -0.15) is 0 Å². The van der Waals surface area contributed by atoms with Crippen LogP contribution in [0.3, 0.4) is 0 Å². The van der Waals surface area contributed by atoms with Gasteiger partial charge in [0.25, 0.3) is 0 Å². The lowest BCUT2D eigenvalue weighted by Gasteiger charge is -2.20. The molecular formula is C10H18N2O2. The van der Waals surface area contributed by atoms with Crippen molar-refractivity contribution >= 4 is 0 Å². The molecule has 0 saturated heterocycles. The molecule has 0 radical (unpaired) electrons. The molecule has 1 atom stereocenters. The number of nitrogens with zero attached hydrogens (tertiary/aromatic N) is 2. The molecule has 4 heteroatoms. The molecule has 0 spiro atoms. The molecule has 0 bridgehead atoms. The van der Waals surface area contributed by atoms with Gasteiger partial charge < -0.3 is 14.8 Å². The number of aliphatic hydroxyl groups excluding tert-OH is 2. The Morgan fingerprint density at radius 3 is 2.64 bits per heavy atom. The summed E-state index contributed by atoms with van der Waals surface area (Å²) in [6.07, 6.45) is 2.81. The summed E-state index contributed by atoms with van der Waals surface area (Å²) in [6, 6.07) is 0. The predicted octanol–water partition coefficient (Wildman–Crippen LogP) is 0.534. The molecule has 14 heavy (non-hydrogen) atoms. The molecule has 0 amide bonds. The molecule has 80 valence electrons. The van der Waals surface area contributed by atoms with E-state index in [0.29, 0.717) is 6.54 Å². The standard InChI is InChI=1S/C10H18N2O2/c1-10(2,3)9-11-4-5-12(9)6-8(14)7-13/h4-5,8,13-14H,6-7H2,1-3H3. The van der Waals surface area contributed by atoms with Crippen molar-refractivity contribution in [1.29, 1.82) is 0 Å². The third kappa shape index (κ3) is 2.56. The van der Waals surface area contributed by atoms with E-state index in [-0.39, 0.29) is 12.0 Å². The Hall–Kier alpha value is -0.870. The highest BCUT2D eigenvalue weighted by molar-refractivity contribution is 5.04. The first kappa shape index (κ1) is 11.2. The summed E-state index contributed by atoms with van der Waals surface area (Å²) >= 11 is 0. The first-order chi connectivity index (χ1) is 6.45. The fraction of sp³-hybridized carbons (Fsp3) is 0.700. The Morgan fingerprint density at radius 2 is 2.14 bits per heavy atom. The first-order valence-electron chi connectivity index (χ1n) is 4.75. The van der Waals surface area contributed by atoms with Crippen molar-refractivity contribution in [3.63, 3.8) is 0 Å². The fourth-order valence-corrected chi connectivity index (χ4v) is 1.39. The van der Waals surface area contributed by atoms with Gasteiger partial charge in [-0.25, -0.2) is 4.98 Å². The minimum atomic E-state index is -0.717. The minimum Gasteiger partial charge on any atom is -0.394 e. The molecule has 2 N–H and O–H groups in total. The lowest BCUT2D eigenvalue weighted by Crippen LogP contribution is -2.25. The van der Waals surface area contributed by atoms with Gasteiger partial charge in [0.05, 0.1) is 19.3 Å². The lowest BCUT2D eigenvalue weighted by atomic mass is 9.95. The Kier molecular flexibility index (Phi) is 3.29. The van der Waals surface area contributed by atoms with Crippen LogP contribution >= 0.6 is 0 Å². The Labute approximate surface area is 84.2 Å². The van der Waals surface area contributed by atoms with E-state index in [4.69, 9.17) is 5.11 Å². The van der Waals surface area contributed by atoms with Crippen LogP contribution in [-0.4, -0.2) is 32.5 Å². The Balaban J connectivity index is 2.83. The quantitative estimate of drug-likeness (QED) is 0.745. The van der Waals surface area contributed by atoms with Gasteiger partial charge in [-0.05, 0) is 0 Å². The van der Waals surface area contributed by atoms with Crippen LogP contribution in [0.2, 0.25) is 0 Å². The summed E-state index contributed by atoms with van der Waals surface area (Å²) in [6.45, 7) is 6.37. The van der Waals surface area contributed by atoms with Gasteiger partial charge >= 0.3 is 0 Å². The molecule has 0 aliphatic heterocycles. The molecule has 0 fully saturated rings. The minimum absolute atomic E-state index is 0.0430. The van der Waals surface area contributed by atoms with Gasteiger partial charge in [0.1, 0.15) is 5.82 Å². The number of rotatable bonds is 3. The van der Waals surface area contributed by atoms with Crippen molar-refractivity contribution in [2.75, 3.05) is 6.61 Å². The second-order valence-corrected chi connectivity index (χ2v) is 4.49. The van der Waals surface area contributed by atoms with E-state index in [0.717, 1.165) is 5.82 Å². The highest BCUT2D eigenvalue weighted by Crippen LogP contribution is 2.20. The average molecular weight is 198 g/mol. The number of imidazole rings is 1. The van der Waals surface area contributed by atoms with Crippen LogP contribution in [-0.2, 0) is 12.0 Å². The molecule has 4 nitrogen and oxygen atoms in total. The molecule has 0 saturated carbocycles. The Morgan fingerprint density at radius 1 is 1.50 bits per heavy atom. The van der Waals surface area contributed by atoms with E-state index in [1.807, 2.05) is 10.8 Å². The van der Waals surface area contributed by atoms with Gasteiger partial charge in [-0.3, -0.25) is 0 Å². The predicted molar refractivity (Wildman–Crippen MR) is 54.0 cm³/mol. The second-order valence-electron chi connectivity index (χ2n) is 4.49. The SMILES string of the molecule is CC(C)(C)c1nccn1CC(O)CO. The normalized spacial score (nSPS) is 14.4. The summed E-state index contributed by atoms with van der Waals surface area (Å²) in [4.78, 5) is 4.25. The summed E-state index contributed by atoms with van der Waals surface area (Å²) in [7, 11) is 0. The molecule has 0 aliphatic rings. The highest BCUT2D eigenvalue weighted by Gasteiger charge is 2.20. The molecule has 1 heterocycles. The maximum Gasteiger partial charge on any atom is 0.114 e. The van der Waals surface area contributed by atoms with Crippen molar-refractivity contribution in [3.05, 3.63) is 18.2 Å². The van der Waals surface area contributed by atoms with E-state index in [1.54, 1.807) is 6.20 Å². The molecule has 1 unspecified atom stereocenters. The third-order valence-electron chi connectivity index (χ3n) is 2.00. The van der Waals surface area contributed by atoms with E-state index in [2.05, 4.69) is 25.8 Å². The van der Waals surface area contributed by atoms with Crippen LogP contribution in [0, 0.1) is 0 Å². The van der Waals surface area contributed by atoms with Crippen LogP contribution in [0.4, 0.5) is 0 Å². The summed E-state index contributed by atoms with van der Waals surface area (Å²) in [5.74, 6) is 0.921. The molecular weight excluding hydrogens is 180 g/mol. The molecule has 1 aromatic rings. The van der Waals surface area contributed by atoms with E-state index >= 15 is 0 Å². The number of hydrogen-bond acceptors (Lipinski definition) is 3. The highest BCUT2D eigenvalue weighted by atomic mass is 16.3. The van der Waals surface area contributed by atoms with Crippen LogP contribution in [0.15, 0.2) is 12.4 Å². The monoisotopic (exact) mass is 198 g/mol. The van der Waals surface area contributed by atoms with Gasteiger partial charge in [-0.1, -0.05) is 20.8 Å². The van der Waals surface area contributed by atoms with E-state index < -0.39 is 6.10 Å². The molecule has 1 aromatic heterocycles. The number of hydrogen-bond donors (Lipinski definition) is 2. The number of aromatic nitrogens is 2. The smallest absolute Gasteiger partial charge is 0.114 e. The van der Waals surface area contributed by atoms with E-state index in [1.165, 1.54) is 0 Å². The molecule has 0 aromatic carbocycles. The zero-order valence-electron chi connectivity index (χ0n) is 8.94. The lowest BCUT2D eigenvalue weighted by molar-refractivity contribution is 0.0798. The van der Waals surface area contributed by atoms with Crippen LogP contribution in [0.5, 0.6) is 0 Å².